The Balaban J connectivity index is 2.57. The van der Waals surface area contributed by atoms with Gasteiger partial charge in [0.25, 0.3) is 5.91 Å². The SMILES string of the molecule is CCN(C)C(=O)COc1cccc([C@@H](C)O)c1. The molecule has 17 heavy (non-hydrogen) atoms. The van der Waals surface area contributed by atoms with Crippen LogP contribution in [0.1, 0.15) is 25.5 Å². The van der Waals surface area contributed by atoms with Crippen LogP contribution in [0.3, 0.4) is 0 Å². The van der Waals surface area contributed by atoms with Crippen LogP contribution >= 0.6 is 0 Å². The molecular weight excluding hydrogens is 218 g/mol. The maximum atomic E-state index is 11.5. The van der Waals surface area contributed by atoms with E-state index < -0.39 is 6.10 Å². The van der Waals surface area contributed by atoms with Gasteiger partial charge in [-0.1, -0.05) is 12.1 Å². The maximum absolute atomic E-state index is 11.5. The first-order valence-electron chi connectivity index (χ1n) is 5.69. The molecule has 4 nitrogen and oxygen atoms in total. The molecule has 0 saturated carbocycles. The van der Waals surface area contributed by atoms with E-state index in [-0.39, 0.29) is 12.5 Å². The molecule has 1 amide bonds. The topological polar surface area (TPSA) is 49.8 Å². The minimum absolute atomic E-state index is 0.0214. The van der Waals surface area contributed by atoms with E-state index in [2.05, 4.69) is 0 Å². The van der Waals surface area contributed by atoms with Crippen LogP contribution < -0.4 is 4.74 Å². The summed E-state index contributed by atoms with van der Waals surface area (Å²) in [6, 6.07) is 7.12. The zero-order valence-corrected chi connectivity index (χ0v) is 10.5. The summed E-state index contributed by atoms with van der Waals surface area (Å²) in [6.45, 7) is 4.28. The molecule has 1 aromatic rings. The van der Waals surface area contributed by atoms with E-state index in [9.17, 15) is 9.90 Å². The molecule has 1 aromatic carbocycles. The Morgan fingerprint density at radius 2 is 2.24 bits per heavy atom. The number of benzene rings is 1. The molecule has 94 valence electrons. The predicted octanol–water partition coefficient (Wildman–Crippen LogP) is 1.60. The Morgan fingerprint density at radius 1 is 1.53 bits per heavy atom. The van der Waals surface area contributed by atoms with Gasteiger partial charge in [-0.3, -0.25) is 4.79 Å². The molecule has 0 radical (unpaired) electrons. The average Bonchev–Trinajstić information content (AvgIpc) is 2.35. The minimum Gasteiger partial charge on any atom is -0.484 e. The van der Waals surface area contributed by atoms with Crippen LogP contribution in [0.4, 0.5) is 0 Å². The first-order valence-corrected chi connectivity index (χ1v) is 5.69. The Morgan fingerprint density at radius 3 is 2.82 bits per heavy atom. The number of rotatable bonds is 5. The number of likely N-dealkylation sites (N-methyl/N-ethyl adjacent to an activating group) is 1. The van der Waals surface area contributed by atoms with Crippen molar-refractivity contribution in [1.29, 1.82) is 0 Å². The van der Waals surface area contributed by atoms with Crippen molar-refractivity contribution in [3.05, 3.63) is 29.8 Å². The highest BCUT2D eigenvalue weighted by molar-refractivity contribution is 5.77. The molecule has 0 aliphatic rings. The normalized spacial score (nSPS) is 12.0. The van der Waals surface area contributed by atoms with Gasteiger partial charge < -0.3 is 14.7 Å². The van der Waals surface area contributed by atoms with Crippen LogP contribution in [0.15, 0.2) is 24.3 Å². The smallest absolute Gasteiger partial charge is 0.260 e. The monoisotopic (exact) mass is 237 g/mol. The summed E-state index contributed by atoms with van der Waals surface area (Å²) in [5.41, 5.74) is 0.777. The number of hydrogen-bond donors (Lipinski definition) is 1. The van der Waals surface area contributed by atoms with Crippen molar-refractivity contribution in [2.45, 2.75) is 20.0 Å². The summed E-state index contributed by atoms with van der Waals surface area (Å²) in [6.07, 6.45) is -0.535. The van der Waals surface area contributed by atoms with E-state index >= 15 is 0 Å². The molecule has 0 saturated heterocycles. The Labute approximate surface area is 102 Å². The summed E-state index contributed by atoms with van der Waals surface area (Å²) >= 11 is 0. The molecule has 0 heterocycles. The molecule has 1 atom stereocenters. The second-order valence-electron chi connectivity index (χ2n) is 3.95. The Hall–Kier alpha value is -1.55. The van der Waals surface area contributed by atoms with Crippen molar-refractivity contribution >= 4 is 5.91 Å². The van der Waals surface area contributed by atoms with Gasteiger partial charge in [-0.05, 0) is 31.5 Å². The fraction of sp³-hybridized carbons (Fsp3) is 0.462. The van der Waals surface area contributed by atoms with E-state index in [1.807, 2.05) is 13.0 Å². The molecule has 0 bridgehead atoms. The summed E-state index contributed by atoms with van der Waals surface area (Å²) < 4.78 is 5.38. The molecule has 0 unspecified atom stereocenters. The lowest BCUT2D eigenvalue weighted by molar-refractivity contribution is -0.131. The number of ether oxygens (including phenoxy) is 1. The van der Waals surface area contributed by atoms with Gasteiger partial charge in [-0.25, -0.2) is 0 Å². The molecule has 0 spiro atoms. The highest BCUT2D eigenvalue weighted by atomic mass is 16.5. The second-order valence-corrected chi connectivity index (χ2v) is 3.95. The molecule has 4 heteroatoms. The van der Waals surface area contributed by atoms with E-state index in [4.69, 9.17) is 4.74 Å². The number of amides is 1. The van der Waals surface area contributed by atoms with Gasteiger partial charge >= 0.3 is 0 Å². The summed E-state index contributed by atoms with van der Waals surface area (Å²) in [4.78, 5) is 13.1. The molecule has 0 aromatic heterocycles. The fourth-order valence-corrected chi connectivity index (χ4v) is 1.30. The molecule has 0 fully saturated rings. The van der Waals surface area contributed by atoms with E-state index in [1.165, 1.54) is 0 Å². The highest BCUT2D eigenvalue weighted by Gasteiger charge is 2.08. The number of aliphatic hydroxyl groups excluding tert-OH is 1. The second kappa shape index (κ2) is 6.25. The molecular formula is C13H19NO3. The number of hydrogen-bond acceptors (Lipinski definition) is 3. The van der Waals surface area contributed by atoms with Crippen molar-refractivity contribution < 1.29 is 14.6 Å². The van der Waals surface area contributed by atoms with Crippen molar-refractivity contribution in [2.24, 2.45) is 0 Å². The zero-order valence-electron chi connectivity index (χ0n) is 10.5. The lowest BCUT2D eigenvalue weighted by Crippen LogP contribution is -2.31. The third-order valence-electron chi connectivity index (χ3n) is 2.60. The lowest BCUT2D eigenvalue weighted by Gasteiger charge is -2.15. The van der Waals surface area contributed by atoms with Gasteiger partial charge in [0.05, 0.1) is 6.10 Å². The van der Waals surface area contributed by atoms with Crippen LogP contribution in [-0.4, -0.2) is 36.1 Å². The maximum Gasteiger partial charge on any atom is 0.260 e. The van der Waals surface area contributed by atoms with E-state index in [0.29, 0.717) is 12.3 Å². The quantitative estimate of drug-likeness (QED) is 0.846. The van der Waals surface area contributed by atoms with Crippen molar-refractivity contribution in [3.63, 3.8) is 0 Å². The minimum atomic E-state index is -0.535. The van der Waals surface area contributed by atoms with Gasteiger partial charge in [0.2, 0.25) is 0 Å². The van der Waals surface area contributed by atoms with Crippen LogP contribution in [-0.2, 0) is 4.79 Å². The van der Waals surface area contributed by atoms with Crippen LogP contribution in [0.5, 0.6) is 5.75 Å². The van der Waals surface area contributed by atoms with E-state index in [0.717, 1.165) is 5.56 Å². The van der Waals surface area contributed by atoms with Gasteiger partial charge in [-0.15, -0.1) is 0 Å². The lowest BCUT2D eigenvalue weighted by atomic mass is 10.1. The highest BCUT2D eigenvalue weighted by Crippen LogP contribution is 2.18. The van der Waals surface area contributed by atoms with Crippen LogP contribution in [0.25, 0.3) is 0 Å². The van der Waals surface area contributed by atoms with E-state index in [1.54, 1.807) is 37.1 Å². The van der Waals surface area contributed by atoms with Crippen LogP contribution in [0, 0.1) is 0 Å². The number of carbonyl (C=O) groups excluding carboxylic acids is 1. The number of nitrogens with zero attached hydrogens (tertiary/aromatic N) is 1. The van der Waals surface area contributed by atoms with Gasteiger partial charge in [-0.2, -0.15) is 0 Å². The third-order valence-corrected chi connectivity index (χ3v) is 2.60. The zero-order chi connectivity index (χ0) is 12.8. The standard InChI is InChI=1S/C13H19NO3/c1-4-14(3)13(16)9-17-12-7-5-6-11(8-12)10(2)15/h5-8,10,15H,4,9H2,1-3H3/t10-/m1/s1. The molecule has 0 aliphatic heterocycles. The van der Waals surface area contributed by atoms with Gasteiger partial charge in [0.15, 0.2) is 6.61 Å². The van der Waals surface area contributed by atoms with Crippen molar-refractivity contribution in [3.8, 4) is 5.75 Å². The van der Waals surface area contributed by atoms with Crippen LogP contribution in [0.2, 0.25) is 0 Å². The summed E-state index contributed by atoms with van der Waals surface area (Å²) in [7, 11) is 1.73. The van der Waals surface area contributed by atoms with Gasteiger partial charge in [0.1, 0.15) is 5.75 Å². The largest absolute Gasteiger partial charge is 0.484 e. The summed E-state index contributed by atoms with van der Waals surface area (Å²) in [5.74, 6) is 0.538. The third kappa shape index (κ3) is 4.07. The number of carbonyl (C=O) groups is 1. The first-order chi connectivity index (χ1) is 8.04. The average molecular weight is 237 g/mol. The number of aliphatic hydroxyl groups is 1. The predicted molar refractivity (Wildman–Crippen MR) is 65.9 cm³/mol. The Kier molecular flexibility index (Phi) is 4.97. The van der Waals surface area contributed by atoms with Crippen molar-refractivity contribution in [2.75, 3.05) is 20.2 Å². The first kappa shape index (κ1) is 13.5. The molecule has 1 rings (SSSR count). The Bertz CT molecular complexity index is 377. The molecule has 0 aliphatic carbocycles. The van der Waals surface area contributed by atoms with Crippen molar-refractivity contribution in [1.82, 2.24) is 4.90 Å². The summed E-state index contributed by atoms with van der Waals surface area (Å²) in [5, 5.41) is 9.42. The van der Waals surface area contributed by atoms with Gasteiger partial charge in [0, 0.05) is 13.6 Å². The fourth-order valence-electron chi connectivity index (χ4n) is 1.30. The molecule has 1 N–H and O–H groups in total.